The summed E-state index contributed by atoms with van der Waals surface area (Å²) in [6, 6.07) is 14.1. The highest BCUT2D eigenvalue weighted by Crippen LogP contribution is 2.45. The molecule has 0 bridgehead atoms. The van der Waals surface area contributed by atoms with Crippen LogP contribution >= 0.6 is 34.3 Å². The maximum atomic E-state index is 12.9. The maximum absolute atomic E-state index is 12.9. The molecule has 1 N–H and O–H groups in total. The van der Waals surface area contributed by atoms with E-state index < -0.39 is 9.84 Å². The third-order valence-electron chi connectivity index (χ3n) is 6.00. The minimum atomic E-state index is -3.47. The number of halogens is 1. The zero-order valence-corrected chi connectivity index (χ0v) is 22.3. The van der Waals surface area contributed by atoms with Gasteiger partial charge in [-0.15, -0.1) is 22.7 Å². The molecule has 182 valence electrons. The molecule has 1 amide bonds. The quantitative estimate of drug-likeness (QED) is 0.315. The molecule has 2 aromatic carbocycles. The molecule has 1 aliphatic heterocycles. The lowest BCUT2D eigenvalue weighted by Gasteiger charge is -2.22. The summed E-state index contributed by atoms with van der Waals surface area (Å²) in [5.41, 5.74) is 3.22. The molecular formula is C25H24ClN3O3S3. The minimum absolute atomic E-state index is 0.0987. The van der Waals surface area contributed by atoms with Crippen molar-refractivity contribution in [1.29, 1.82) is 0 Å². The molecule has 1 aliphatic rings. The molecule has 0 saturated carbocycles. The van der Waals surface area contributed by atoms with Crippen LogP contribution in [0.4, 0.5) is 5.00 Å². The Balaban J connectivity index is 1.34. The molecule has 0 atom stereocenters. The minimum Gasteiger partial charge on any atom is -0.317 e. The smallest absolute Gasteiger partial charge is 0.225 e. The number of benzene rings is 2. The zero-order chi connectivity index (χ0) is 24.6. The van der Waals surface area contributed by atoms with Crippen molar-refractivity contribution in [2.75, 3.05) is 24.7 Å². The lowest BCUT2D eigenvalue weighted by molar-refractivity contribution is -0.116. The Bertz CT molecular complexity index is 1460. The predicted molar refractivity (Wildman–Crippen MR) is 144 cm³/mol. The topological polar surface area (TPSA) is 79.4 Å². The van der Waals surface area contributed by atoms with Crippen LogP contribution < -0.4 is 5.32 Å². The van der Waals surface area contributed by atoms with E-state index in [1.54, 1.807) is 34.8 Å². The summed E-state index contributed by atoms with van der Waals surface area (Å²) in [5, 5.41) is 5.27. The third-order valence-corrected chi connectivity index (χ3v) is 10.3. The van der Waals surface area contributed by atoms with E-state index in [0.717, 1.165) is 45.3 Å². The Morgan fingerprint density at radius 3 is 2.69 bits per heavy atom. The van der Waals surface area contributed by atoms with Gasteiger partial charge in [-0.3, -0.25) is 4.79 Å². The number of nitrogens with zero attached hydrogens (tertiary/aromatic N) is 2. The van der Waals surface area contributed by atoms with Crippen LogP contribution in [0.15, 0.2) is 53.4 Å². The van der Waals surface area contributed by atoms with Gasteiger partial charge in [0, 0.05) is 35.0 Å². The van der Waals surface area contributed by atoms with Gasteiger partial charge in [0.05, 0.1) is 20.9 Å². The summed E-state index contributed by atoms with van der Waals surface area (Å²) < 4.78 is 26.3. The van der Waals surface area contributed by atoms with E-state index in [9.17, 15) is 13.2 Å². The monoisotopic (exact) mass is 545 g/mol. The fourth-order valence-corrected chi connectivity index (χ4v) is 8.09. The Kier molecular flexibility index (Phi) is 6.96. The van der Waals surface area contributed by atoms with Gasteiger partial charge in [0.2, 0.25) is 5.91 Å². The van der Waals surface area contributed by atoms with Gasteiger partial charge in [0.15, 0.2) is 9.84 Å². The lowest BCUT2D eigenvalue weighted by atomic mass is 10.0. The van der Waals surface area contributed by atoms with Gasteiger partial charge >= 0.3 is 0 Å². The highest BCUT2D eigenvalue weighted by atomic mass is 35.5. The number of likely N-dealkylation sites (N-methyl/N-ethyl adjacent to an activating group) is 1. The highest BCUT2D eigenvalue weighted by Gasteiger charge is 2.27. The fourth-order valence-electron chi connectivity index (χ4n) is 4.20. The van der Waals surface area contributed by atoms with Crippen LogP contribution in [-0.2, 0) is 27.6 Å². The fraction of sp³-hybridized carbons (Fsp3) is 0.280. The Hall–Kier alpha value is -2.30. The number of nitrogens with one attached hydrogen (secondary N) is 1. The van der Waals surface area contributed by atoms with Crippen LogP contribution in [0.2, 0.25) is 5.02 Å². The van der Waals surface area contributed by atoms with Crippen LogP contribution in [0.25, 0.3) is 20.8 Å². The second-order valence-electron chi connectivity index (χ2n) is 8.61. The number of aromatic nitrogens is 1. The van der Waals surface area contributed by atoms with Gasteiger partial charge < -0.3 is 10.2 Å². The zero-order valence-electron chi connectivity index (χ0n) is 19.1. The number of amides is 1. The normalized spacial score (nSPS) is 14.2. The molecule has 5 rings (SSSR count). The van der Waals surface area contributed by atoms with Crippen molar-refractivity contribution in [3.05, 3.63) is 64.0 Å². The van der Waals surface area contributed by atoms with Gasteiger partial charge in [-0.25, -0.2) is 13.4 Å². The molecule has 35 heavy (non-hydrogen) atoms. The molecule has 0 spiro atoms. The van der Waals surface area contributed by atoms with Crippen LogP contribution in [0.1, 0.15) is 23.3 Å². The lowest BCUT2D eigenvalue weighted by Crippen LogP contribution is -2.25. The number of thiophene rings is 1. The predicted octanol–water partition coefficient (Wildman–Crippen LogP) is 5.86. The number of thiazole rings is 1. The van der Waals surface area contributed by atoms with Gasteiger partial charge in [-0.05, 0) is 61.9 Å². The van der Waals surface area contributed by atoms with Crippen LogP contribution in [0.5, 0.6) is 0 Å². The van der Waals surface area contributed by atoms with Gasteiger partial charge in [-0.2, -0.15) is 0 Å². The number of carbonyl (C=O) groups is 1. The number of anilines is 1. The number of hydrogen-bond donors (Lipinski definition) is 1. The van der Waals surface area contributed by atoms with Crippen molar-refractivity contribution >= 4 is 65.2 Å². The van der Waals surface area contributed by atoms with Crippen LogP contribution in [0, 0.1) is 0 Å². The van der Waals surface area contributed by atoms with Crippen molar-refractivity contribution in [3.8, 4) is 10.6 Å². The van der Waals surface area contributed by atoms with Gasteiger partial charge in [-0.1, -0.05) is 23.7 Å². The van der Waals surface area contributed by atoms with Gasteiger partial charge in [0.1, 0.15) is 10.0 Å². The molecule has 0 fully saturated rings. The molecule has 0 saturated heterocycles. The second-order valence-corrected chi connectivity index (χ2v) is 13.3. The van der Waals surface area contributed by atoms with E-state index in [1.807, 2.05) is 18.2 Å². The Morgan fingerprint density at radius 1 is 1.14 bits per heavy atom. The number of carbonyl (C=O) groups excluding carboxylic acids is 1. The summed E-state index contributed by atoms with van der Waals surface area (Å²) in [6.07, 6.45) is 1.26. The molecule has 4 aromatic rings. The molecule has 0 unspecified atom stereocenters. The number of sulfone groups is 1. The third kappa shape index (κ3) is 5.29. The summed E-state index contributed by atoms with van der Waals surface area (Å²) in [5.74, 6) is -0.288. The van der Waals surface area contributed by atoms with E-state index in [0.29, 0.717) is 5.02 Å². The largest absolute Gasteiger partial charge is 0.317 e. The molecule has 6 nitrogen and oxygen atoms in total. The first-order chi connectivity index (χ1) is 16.8. The Morgan fingerprint density at radius 2 is 1.91 bits per heavy atom. The molecule has 0 radical (unpaired) electrons. The van der Waals surface area contributed by atoms with E-state index in [-0.39, 0.29) is 29.4 Å². The first-order valence-corrected chi connectivity index (χ1v) is 14.9. The van der Waals surface area contributed by atoms with E-state index in [1.165, 1.54) is 22.6 Å². The molecular weight excluding hydrogens is 522 g/mol. The number of para-hydroxylation sites is 1. The second kappa shape index (κ2) is 9.99. The van der Waals surface area contributed by atoms with E-state index >= 15 is 0 Å². The summed E-state index contributed by atoms with van der Waals surface area (Å²) >= 11 is 9.09. The van der Waals surface area contributed by atoms with Crippen molar-refractivity contribution in [1.82, 2.24) is 9.88 Å². The summed E-state index contributed by atoms with van der Waals surface area (Å²) in [7, 11) is -1.37. The standard InChI is InChI=1S/C25H24ClN3O3S3/c1-29-13-12-18-21(15-29)34-25(23(18)24-27-19-5-2-3-6-20(19)33-24)28-22(30)7-4-14-35(31,32)17-10-8-16(26)9-11-17/h2-3,5-6,8-11H,4,7,12-15H2,1H3,(H,28,30). The SMILES string of the molecule is CN1CCc2c(sc(NC(=O)CCCS(=O)(=O)c3ccc(Cl)cc3)c2-c2nc3ccccc3s2)C1. The van der Waals surface area contributed by atoms with Crippen molar-refractivity contribution < 1.29 is 13.2 Å². The average Bonchev–Trinajstić information content (AvgIpc) is 3.39. The van der Waals surface area contributed by atoms with E-state index in [2.05, 4.69) is 23.3 Å². The average molecular weight is 546 g/mol. The summed E-state index contributed by atoms with van der Waals surface area (Å²) in [6.45, 7) is 1.80. The first-order valence-electron chi connectivity index (χ1n) is 11.3. The number of rotatable bonds is 7. The van der Waals surface area contributed by atoms with Crippen molar-refractivity contribution in [2.45, 2.75) is 30.7 Å². The molecule has 3 heterocycles. The van der Waals surface area contributed by atoms with Crippen LogP contribution in [-0.4, -0.2) is 43.6 Å². The molecule has 0 aliphatic carbocycles. The number of fused-ring (bicyclic) bond motifs is 2. The highest BCUT2D eigenvalue weighted by molar-refractivity contribution is 7.91. The first kappa shape index (κ1) is 24.4. The van der Waals surface area contributed by atoms with Crippen molar-refractivity contribution in [2.24, 2.45) is 0 Å². The van der Waals surface area contributed by atoms with Gasteiger partial charge in [0.25, 0.3) is 0 Å². The van der Waals surface area contributed by atoms with Crippen LogP contribution in [0.3, 0.4) is 0 Å². The Labute approximate surface area is 217 Å². The number of hydrogen-bond acceptors (Lipinski definition) is 7. The van der Waals surface area contributed by atoms with Crippen molar-refractivity contribution in [3.63, 3.8) is 0 Å². The molecule has 10 heteroatoms. The maximum Gasteiger partial charge on any atom is 0.225 e. The summed E-state index contributed by atoms with van der Waals surface area (Å²) in [4.78, 5) is 21.5. The van der Waals surface area contributed by atoms with E-state index in [4.69, 9.17) is 16.6 Å². The molecule has 2 aromatic heterocycles.